The van der Waals surface area contributed by atoms with E-state index >= 15 is 0 Å². The highest BCUT2D eigenvalue weighted by Crippen LogP contribution is 2.27. The summed E-state index contributed by atoms with van der Waals surface area (Å²) in [5.74, 6) is -0.341. The molecular formula is C20H17ClN4O3. The van der Waals surface area contributed by atoms with Crippen LogP contribution < -0.4 is 10.5 Å². The van der Waals surface area contributed by atoms with E-state index in [0.717, 1.165) is 10.5 Å². The molecule has 1 aliphatic rings. The van der Waals surface area contributed by atoms with E-state index in [4.69, 9.17) is 11.6 Å². The van der Waals surface area contributed by atoms with Gasteiger partial charge >= 0.3 is 6.03 Å². The fourth-order valence-corrected chi connectivity index (χ4v) is 3.49. The minimum Gasteiger partial charge on any atom is -0.282 e. The molecule has 28 heavy (non-hydrogen) atoms. The number of anilines is 1. The van der Waals surface area contributed by atoms with E-state index in [1.54, 1.807) is 43.5 Å². The summed E-state index contributed by atoms with van der Waals surface area (Å²) >= 11 is 5.91. The number of carbonyl (C=O) groups excluding carboxylic acids is 2. The average Bonchev–Trinajstić information content (AvgIpc) is 2.87. The summed E-state index contributed by atoms with van der Waals surface area (Å²) in [5, 5.41) is 0.544. The second kappa shape index (κ2) is 6.76. The summed E-state index contributed by atoms with van der Waals surface area (Å²) in [7, 11) is 0. The summed E-state index contributed by atoms with van der Waals surface area (Å²) in [4.78, 5) is 45.0. The van der Waals surface area contributed by atoms with Crippen LogP contribution in [0.3, 0.4) is 0 Å². The van der Waals surface area contributed by atoms with Crippen molar-refractivity contribution in [3.05, 3.63) is 75.3 Å². The molecule has 0 spiro atoms. The van der Waals surface area contributed by atoms with E-state index in [1.807, 2.05) is 13.0 Å². The summed E-state index contributed by atoms with van der Waals surface area (Å²) in [6, 6.07) is 10.6. The summed E-state index contributed by atoms with van der Waals surface area (Å²) in [6.45, 7) is 3.45. The molecule has 1 fully saturated rings. The van der Waals surface area contributed by atoms with E-state index in [0.29, 0.717) is 22.1 Å². The van der Waals surface area contributed by atoms with Crippen LogP contribution in [0.25, 0.3) is 5.65 Å². The molecule has 1 saturated heterocycles. The Morgan fingerprint density at radius 2 is 1.82 bits per heavy atom. The maximum Gasteiger partial charge on any atom is 0.332 e. The largest absolute Gasteiger partial charge is 0.332 e. The third kappa shape index (κ3) is 2.93. The van der Waals surface area contributed by atoms with Crippen molar-refractivity contribution < 1.29 is 9.59 Å². The van der Waals surface area contributed by atoms with Crippen LogP contribution in [0, 0.1) is 6.92 Å². The predicted octanol–water partition coefficient (Wildman–Crippen LogP) is 3.01. The lowest BCUT2D eigenvalue weighted by atomic mass is 10.2. The maximum atomic E-state index is 12.9. The first-order chi connectivity index (χ1) is 13.4. The Bertz CT molecular complexity index is 1160. The summed E-state index contributed by atoms with van der Waals surface area (Å²) < 4.78 is 1.44. The molecule has 0 radical (unpaired) electrons. The number of pyridine rings is 1. The zero-order valence-corrected chi connectivity index (χ0v) is 16.1. The minimum atomic E-state index is -0.656. The fourth-order valence-electron chi connectivity index (χ4n) is 3.36. The van der Waals surface area contributed by atoms with Crippen LogP contribution in [0.5, 0.6) is 0 Å². The number of hydrogen-bond donors (Lipinski definition) is 0. The lowest BCUT2D eigenvalue weighted by Gasteiger charge is -2.19. The number of urea groups is 1. The highest BCUT2D eigenvalue weighted by molar-refractivity contribution is 6.30. The molecule has 0 N–H and O–H groups in total. The van der Waals surface area contributed by atoms with Crippen molar-refractivity contribution in [1.29, 1.82) is 0 Å². The van der Waals surface area contributed by atoms with Gasteiger partial charge in [-0.2, -0.15) is 0 Å². The first kappa shape index (κ1) is 18.2. The van der Waals surface area contributed by atoms with Crippen LogP contribution in [-0.4, -0.2) is 32.3 Å². The van der Waals surface area contributed by atoms with Crippen molar-refractivity contribution in [2.45, 2.75) is 26.4 Å². The molecule has 0 saturated carbocycles. The second-order valence-electron chi connectivity index (χ2n) is 6.70. The van der Waals surface area contributed by atoms with Crippen molar-refractivity contribution in [2.75, 3.05) is 4.90 Å². The Hall–Kier alpha value is -3.19. The summed E-state index contributed by atoms with van der Waals surface area (Å²) in [6.07, 6.45) is 1.64. The SMILES string of the molecule is Cc1cccn2c(=O)cc(CN3C(=O)C(C)N(c4ccc(Cl)cc4)C3=O)nc12. The van der Waals surface area contributed by atoms with Crippen molar-refractivity contribution in [1.82, 2.24) is 14.3 Å². The van der Waals surface area contributed by atoms with Crippen molar-refractivity contribution in [3.63, 3.8) is 0 Å². The van der Waals surface area contributed by atoms with E-state index in [1.165, 1.54) is 15.4 Å². The molecule has 1 unspecified atom stereocenters. The maximum absolute atomic E-state index is 12.9. The third-order valence-electron chi connectivity index (χ3n) is 4.81. The van der Waals surface area contributed by atoms with Gasteiger partial charge in [0.1, 0.15) is 11.7 Å². The lowest BCUT2D eigenvalue weighted by molar-refractivity contribution is -0.127. The number of halogens is 1. The van der Waals surface area contributed by atoms with Gasteiger partial charge in [0.2, 0.25) is 0 Å². The van der Waals surface area contributed by atoms with Crippen LogP contribution >= 0.6 is 11.6 Å². The summed E-state index contributed by atoms with van der Waals surface area (Å²) in [5.41, 5.74) is 2.03. The van der Waals surface area contributed by atoms with Crippen LogP contribution in [0.1, 0.15) is 18.2 Å². The molecule has 3 aromatic rings. The normalized spacial score (nSPS) is 17.0. The first-order valence-corrected chi connectivity index (χ1v) is 9.12. The highest BCUT2D eigenvalue weighted by atomic mass is 35.5. The van der Waals surface area contributed by atoms with Gasteiger partial charge in [-0.3, -0.25) is 23.8 Å². The number of aromatic nitrogens is 2. The Kier molecular flexibility index (Phi) is 4.39. The number of rotatable bonds is 3. The van der Waals surface area contributed by atoms with Gasteiger partial charge in [-0.05, 0) is 49.7 Å². The molecule has 4 rings (SSSR count). The molecule has 1 aromatic carbocycles. The monoisotopic (exact) mass is 396 g/mol. The Morgan fingerprint density at radius 1 is 1.11 bits per heavy atom. The van der Waals surface area contributed by atoms with E-state index in [2.05, 4.69) is 4.98 Å². The Morgan fingerprint density at radius 3 is 2.54 bits per heavy atom. The molecule has 1 atom stereocenters. The zero-order valence-electron chi connectivity index (χ0n) is 15.3. The van der Waals surface area contributed by atoms with Crippen LogP contribution in [0.4, 0.5) is 10.5 Å². The van der Waals surface area contributed by atoms with Gasteiger partial charge in [0.15, 0.2) is 0 Å². The molecule has 8 heteroatoms. The zero-order chi connectivity index (χ0) is 20.0. The van der Waals surface area contributed by atoms with Crippen LogP contribution in [0.2, 0.25) is 5.02 Å². The van der Waals surface area contributed by atoms with Crippen molar-refractivity contribution in [2.24, 2.45) is 0 Å². The fraction of sp³-hybridized carbons (Fsp3) is 0.200. The molecule has 3 heterocycles. The first-order valence-electron chi connectivity index (χ1n) is 8.75. The smallest absolute Gasteiger partial charge is 0.282 e. The standard InChI is InChI=1S/C20H17ClN4O3/c1-12-4-3-9-23-17(26)10-15(22-18(12)23)11-24-19(27)13(2)25(20(24)28)16-7-5-14(21)6-8-16/h3-10,13H,11H2,1-2H3. The van der Waals surface area contributed by atoms with Crippen LogP contribution in [0.15, 0.2) is 53.5 Å². The van der Waals surface area contributed by atoms with E-state index in [-0.39, 0.29) is 18.0 Å². The second-order valence-corrected chi connectivity index (χ2v) is 7.14. The van der Waals surface area contributed by atoms with Gasteiger partial charge in [0.05, 0.1) is 12.2 Å². The molecule has 3 amide bonds. The number of fused-ring (bicyclic) bond motifs is 1. The van der Waals surface area contributed by atoms with Gasteiger partial charge in [-0.25, -0.2) is 9.78 Å². The topological polar surface area (TPSA) is 75.0 Å². The molecule has 1 aliphatic heterocycles. The van der Waals surface area contributed by atoms with Gasteiger partial charge in [0.25, 0.3) is 11.5 Å². The highest BCUT2D eigenvalue weighted by Gasteiger charge is 2.43. The number of carbonyl (C=O) groups is 2. The Balaban J connectivity index is 1.68. The minimum absolute atomic E-state index is 0.0633. The van der Waals surface area contributed by atoms with Crippen molar-refractivity contribution >= 4 is 34.9 Å². The number of hydrogen-bond acceptors (Lipinski definition) is 4. The van der Waals surface area contributed by atoms with Gasteiger partial charge < -0.3 is 0 Å². The van der Waals surface area contributed by atoms with E-state index in [9.17, 15) is 14.4 Å². The molecule has 0 aliphatic carbocycles. The third-order valence-corrected chi connectivity index (χ3v) is 5.06. The number of nitrogens with zero attached hydrogens (tertiary/aromatic N) is 4. The van der Waals surface area contributed by atoms with Gasteiger partial charge in [-0.1, -0.05) is 17.7 Å². The van der Waals surface area contributed by atoms with E-state index < -0.39 is 12.1 Å². The molecule has 0 bridgehead atoms. The molecule has 7 nitrogen and oxygen atoms in total. The van der Waals surface area contributed by atoms with Gasteiger partial charge in [-0.15, -0.1) is 0 Å². The average molecular weight is 397 g/mol. The Labute approximate surface area is 165 Å². The predicted molar refractivity (Wildman–Crippen MR) is 106 cm³/mol. The van der Waals surface area contributed by atoms with Crippen molar-refractivity contribution in [3.8, 4) is 0 Å². The molecule has 2 aromatic heterocycles. The lowest BCUT2D eigenvalue weighted by Crippen LogP contribution is -2.34. The molecule has 142 valence electrons. The number of imide groups is 1. The molecular weight excluding hydrogens is 380 g/mol. The quantitative estimate of drug-likeness (QED) is 0.638. The number of benzene rings is 1. The number of aryl methyl sites for hydroxylation is 1. The van der Waals surface area contributed by atoms with Gasteiger partial charge in [0, 0.05) is 23.0 Å². The van der Waals surface area contributed by atoms with Crippen LogP contribution in [-0.2, 0) is 11.3 Å². The number of amides is 3.